The van der Waals surface area contributed by atoms with E-state index in [-0.39, 0.29) is 11.9 Å². The maximum atomic E-state index is 10.9. The second-order valence-electron chi connectivity index (χ2n) is 3.27. The van der Waals surface area contributed by atoms with Crippen molar-refractivity contribution in [2.45, 2.75) is 19.0 Å². The molecule has 0 spiro atoms. The highest BCUT2D eigenvalue weighted by molar-refractivity contribution is 7.13. The van der Waals surface area contributed by atoms with Gasteiger partial charge in [0.25, 0.3) is 0 Å². The summed E-state index contributed by atoms with van der Waals surface area (Å²) in [6.07, 6.45) is 0.854. The van der Waals surface area contributed by atoms with Crippen molar-refractivity contribution in [2.24, 2.45) is 5.73 Å². The largest absolute Gasteiger partial charge is 0.368 e. The van der Waals surface area contributed by atoms with Crippen LogP contribution in [0.3, 0.4) is 0 Å². The van der Waals surface area contributed by atoms with E-state index in [0.717, 1.165) is 18.7 Å². The summed E-state index contributed by atoms with van der Waals surface area (Å²) in [5, 5.41) is 1.90. The number of nitrogens with zero attached hydrogens (tertiary/aromatic N) is 2. The number of carbonyl (C=O) groups excluding carboxylic acids is 1. The van der Waals surface area contributed by atoms with Crippen LogP contribution in [0.1, 0.15) is 12.1 Å². The van der Waals surface area contributed by atoms with Crippen molar-refractivity contribution >= 4 is 28.8 Å². The van der Waals surface area contributed by atoms with E-state index in [9.17, 15) is 4.79 Å². The first-order chi connectivity index (χ1) is 6.66. The summed E-state index contributed by atoms with van der Waals surface area (Å²) in [5.74, 6) is -0.252. The lowest BCUT2D eigenvalue weighted by Gasteiger charge is -2.38. The van der Waals surface area contributed by atoms with E-state index < -0.39 is 0 Å². The fourth-order valence-electron chi connectivity index (χ4n) is 1.52. The monoisotopic (exact) mass is 231 g/mol. The Kier molecular flexibility index (Phi) is 2.71. The molecule has 1 aliphatic rings. The normalized spacial score (nSPS) is 21.9. The second kappa shape index (κ2) is 3.84. The molecule has 2 N–H and O–H groups in total. The highest BCUT2D eigenvalue weighted by Gasteiger charge is 2.32. The topological polar surface area (TPSA) is 59.2 Å². The molecule has 1 unspecified atom stereocenters. The number of likely N-dealkylation sites (tertiary alicyclic amines) is 1. The maximum absolute atomic E-state index is 10.9. The van der Waals surface area contributed by atoms with Crippen molar-refractivity contribution in [2.75, 3.05) is 6.54 Å². The van der Waals surface area contributed by atoms with Crippen LogP contribution in [-0.2, 0) is 11.3 Å². The van der Waals surface area contributed by atoms with Gasteiger partial charge in [-0.1, -0.05) is 11.6 Å². The summed E-state index contributed by atoms with van der Waals surface area (Å²) in [4.78, 5) is 17.0. The van der Waals surface area contributed by atoms with Gasteiger partial charge >= 0.3 is 0 Å². The quantitative estimate of drug-likeness (QED) is 0.839. The van der Waals surface area contributed by atoms with Gasteiger partial charge in [-0.25, -0.2) is 4.98 Å². The van der Waals surface area contributed by atoms with Crippen LogP contribution in [0.15, 0.2) is 5.38 Å². The number of rotatable bonds is 3. The predicted molar refractivity (Wildman–Crippen MR) is 55.1 cm³/mol. The lowest BCUT2D eigenvalue weighted by molar-refractivity contribution is -0.127. The number of hydrogen-bond donors (Lipinski definition) is 1. The van der Waals surface area contributed by atoms with Crippen LogP contribution in [0.25, 0.3) is 0 Å². The van der Waals surface area contributed by atoms with Gasteiger partial charge in [0.1, 0.15) is 0 Å². The summed E-state index contributed by atoms with van der Waals surface area (Å²) < 4.78 is 0.538. The maximum Gasteiger partial charge on any atom is 0.234 e. The molecule has 0 saturated carbocycles. The standard InChI is InChI=1S/C8H10ClN3OS/c9-8-11-5(4-14-8)3-12-2-1-6(12)7(10)13/h4,6H,1-3H2,(H2,10,13). The molecule has 1 fully saturated rings. The van der Waals surface area contributed by atoms with Gasteiger partial charge in [0, 0.05) is 18.5 Å². The lowest BCUT2D eigenvalue weighted by atomic mass is 10.0. The molecule has 76 valence electrons. The Labute approximate surface area is 90.7 Å². The van der Waals surface area contributed by atoms with Gasteiger partial charge < -0.3 is 5.73 Å². The van der Waals surface area contributed by atoms with Gasteiger partial charge in [-0.15, -0.1) is 11.3 Å². The average Bonchev–Trinajstić information content (AvgIpc) is 2.44. The Morgan fingerprint density at radius 1 is 1.86 bits per heavy atom. The molecule has 1 amide bonds. The zero-order valence-electron chi connectivity index (χ0n) is 7.44. The van der Waals surface area contributed by atoms with Crippen molar-refractivity contribution in [3.05, 3.63) is 15.5 Å². The molecular formula is C8H10ClN3OS. The third-order valence-electron chi connectivity index (χ3n) is 2.35. The molecule has 1 aliphatic heterocycles. The molecular weight excluding hydrogens is 222 g/mol. The molecule has 1 aromatic heterocycles. The van der Waals surface area contributed by atoms with Crippen molar-refractivity contribution in [1.29, 1.82) is 0 Å². The molecule has 4 nitrogen and oxygen atoms in total. The fourth-order valence-corrected chi connectivity index (χ4v) is 2.29. The average molecular weight is 232 g/mol. The molecule has 0 aliphatic carbocycles. The third kappa shape index (κ3) is 1.89. The summed E-state index contributed by atoms with van der Waals surface area (Å²) in [6.45, 7) is 1.57. The van der Waals surface area contributed by atoms with Crippen LogP contribution in [0.2, 0.25) is 4.47 Å². The zero-order chi connectivity index (χ0) is 10.1. The number of halogens is 1. The van der Waals surface area contributed by atoms with Gasteiger partial charge in [-0.2, -0.15) is 0 Å². The minimum absolute atomic E-state index is 0.115. The zero-order valence-corrected chi connectivity index (χ0v) is 9.01. The predicted octanol–water partition coefficient (Wildman–Crippen LogP) is 0.856. The van der Waals surface area contributed by atoms with Crippen molar-refractivity contribution < 1.29 is 4.79 Å². The van der Waals surface area contributed by atoms with Gasteiger partial charge in [-0.05, 0) is 6.42 Å². The fraction of sp³-hybridized carbons (Fsp3) is 0.500. The van der Waals surface area contributed by atoms with E-state index >= 15 is 0 Å². The Morgan fingerprint density at radius 3 is 3.07 bits per heavy atom. The van der Waals surface area contributed by atoms with Gasteiger partial charge in [0.15, 0.2) is 4.47 Å². The Hall–Kier alpha value is -0.650. The van der Waals surface area contributed by atoms with Crippen molar-refractivity contribution in [3.8, 4) is 0 Å². The van der Waals surface area contributed by atoms with Crippen molar-refractivity contribution in [3.63, 3.8) is 0 Å². The highest BCUT2D eigenvalue weighted by atomic mass is 35.5. The minimum Gasteiger partial charge on any atom is -0.368 e. The summed E-state index contributed by atoms with van der Waals surface area (Å²) in [5.41, 5.74) is 6.13. The second-order valence-corrected chi connectivity index (χ2v) is 4.71. The summed E-state index contributed by atoms with van der Waals surface area (Å²) >= 11 is 7.10. The van der Waals surface area contributed by atoms with E-state index in [2.05, 4.69) is 4.98 Å². The molecule has 0 radical (unpaired) electrons. The van der Waals surface area contributed by atoms with Gasteiger partial charge in [0.2, 0.25) is 5.91 Å². The molecule has 6 heteroatoms. The molecule has 2 rings (SSSR count). The molecule has 0 aromatic carbocycles. The highest BCUT2D eigenvalue weighted by Crippen LogP contribution is 2.22. The molecule has 2 heterocycles. The smallest absolute Gasteiger partial charge is 0.234 e. The van der Waals surface area contributed by atoms with Gasteiger partial charge in [-0.3, -0.25) is 9.69 Å². The number of primary amides is 1. The first-order valence-electron chi connectivity index (χ1n) is 4.30. The van der Waals surface area contributed by atoms with Crippen LogP contribution in [-0.4, -0.2) is 28.4 Å². The van der Waals surface area contributed by atoms with Crippen LogP contribution in [0.4, 0.5) is 0 Å². The Bertz CT molecular complexity index is 354. The summed E-state index contributed by atoms with van der Waals surface area (Å²) in [6, 6.07) is -0.115. The first kappa shape index (κ1) is 9.89. The van der Waals surface area contributed by atoms with E-state index in [1.807, 2.05) is 10.3 Å². The SMILES string of the molecule is NC(=O)C1CCN1Cc1csc(Cl)n1. The van der Waals surface area contributed by atoms with E-state index in [0.29, 0.717) is 11.0 Å². The van der Waals surface area contributed by atoms with E-state index in [1.165, 1.54) is 11.3 Å². The molecule has 14 heavy (non-hydrogen) atoms. The van der Waals surface area contributed by atoms with Crippen LogP contribution < -0.4 is 5.73 Å². The first-order valence-corrected chi connectivity index (χ1v) is 5.56. The van der Waals surface area contributed by atoms with Crippen LogP contribution in [0, 0.1) is 0 Å². The number of amides is 1. The lowest BCUT2D eigenvalue weighted by Crippen LogP contribution is -2.54. The van der Waals surface area contributed by atoms with Crippen LogP contribution >= 0.6 is 22.9 Å². The molecule has 1 aromatic rings. The van der Waals surface area contributed by atoms with Gasteiger partial charge in [0.05, 0.1) is 11.7 Å². The third-order valence-corrected chi connectivity index (χ3v) is 3.38. The van der Waals surface area contributed by atoms with E-state index in [4.69, 9.17) is 17.3 Å². The van der Waals surface area contributed by atoms with Crippen LogP contribution in [0.5, 0.6) is 0 Å². The number of carbonyl (C=O) groups is 1. The Balaban J connectivity index is 1.95. The number of nitrogens with two attached hydrogens (primary N) is 1. The number of aromatic nitrogens is 1. The van der Waals surface area contributed by atoms with E-state index in [1.54, 1.807) is 0 Å². The van der Waals surface area contributed by atoms with Crippen molar-refractivity contribution in [1.82, 2.24) is 9.88 Å². The number of thiazole rings is 1. The minimum atomic E-state index is -0.252. The number of hydrogen-bond acceptors (Lipinski definition) is 4. The molecule has 1 saturated heterocycles. The molecule has 0 bridgehead atoms. The summed E-state index contributed by atoms with van der Waals surface area (Å²) in [7, 11) is 0. The Morgan fingerprint density at radius 2 is 2.64 bits per heavy atom. The molecule has 1 atom stereocenters.